The van der Waals surface area contributed by atoms with Crippen LogP contribution in [0.1, 0.15) is 27.0 Å². The minimum absolute atomic E-state index is 0.000913. The summed E-state index contributed by atoms with van der Waals surface area (Å²) in [4.78, 5) is 29.5. The van der Waals surface area contributed by atoms with Gasteiger partial charge in [-0.1, -0.05) is 30.3 Å². The summed E-state index contributed by atoms with van der Waals surface area (Å²) in [7, 11) is -0.352. The van der Waals surface area contributed by atoms with Gasteiger partial charge >= 0.3 is 0 Å². The average Bonchev–Trinajstić information content (AvgIpc) is 3.46. The molecule has 11 heteroatoms. The third-order valence-corrected chi connectivity index (χ3v) is 11.3. The van der Waals surface area contributed by atoms with Crippen molar-refractivity contribution in [1.29, 1.82) is 0 Å². The van der Waals surface area contributed by atoms with E-state index in [2.05, 4.69) is 33.0 Å². The van der Waals surface area contributed by atoms with Crippen molar-refractivity contribution < 1.29 is 22.7 Å². The van der Waals surface area contributed by atoms with E-state index in [-0.39, 0.29) is 21.2 Å². The van der Waals surface area contributed by atoms with E-state index < -0.39 is 9.84 Å². The van der Waals surface area contributed by atoms with Gasteiger partial charge in [0.25, 0.3) is 5.91 Å². The number of aryl methyl sites for hydroxylation is 1. The number of nitrogens with one attached hydrogen (secondary N) is 1. The summed E-state index contributed by atoms with van der Waals surface area (Å²) < 4.78 is 39.8. The number of aromatic nitrogens is 3. The number of aromatic amines is 1. The first-order chi connectivity index (χ1) is 22.6. The SMILES string of the molecule is COc1cc(-c2ccc(C)cc2S(=O)(=O)c2cnc3[nH]cc(-c4ccc(C(=O)N5CC6(COC6)C5)cc4)c3n2)cc2c1CN(C)CC2. The number of carbonyl (C=O) groups is 1. The van der Waals surface area contributed by atoms with Crippen LogP contribution in [0.3, 0.4) is 0 Å². The molecule has 3 aliphatic rings. The van der Waals surface area contributed by atoms with Gasteiger partial charge in [0.05, 0.1) is 36.8 Å². The van der Waals surface area contributed by atoms with Gasteiger partial charge in [0, 0.05) is 54.6 Å². The summed E-state index contributed by atoms with van der Waals surface area (Å²) in [5.74, 6) is 0.750. The predicted octanol–water partition coefficient (Wildman–Crippen LogP) is 4.90. The Kier molecular flexibility index (Phi) is 6.98. The maximum absolute atomic E-state index is 14.4. The van der Waals surface area contributed by atoms with Gasteiger partial charge in [-0.05, 0) is 66.9 Å². The molecule has 0 atom stereocenters. The van der Waals surface area contributed by atoms with E-state index in [0.29, 0.717) is 27.9 Å². The Bertz CT molecular complexity index is 2150. The van der Waals surface area contributed by atoms with Gasteiger partial charge in [0.15, 0.2) is 10.7 Å². The fourth-order valence-corrected chi connectivity index (χ4v) is 8.43. The van der Waals surface area contributed by atoms with Gasteiger partial charge in [-0.3, -0.25) is 4.79 Å². The van der Waals surface area contributed by atoms with E-state index in [1.54, 1.807) is 31.5 Å². The van der Waals surface area contributed by atoms with Crippen molar-refractivity contribution in [3.63, 3.8) is 0 Å². The molecule has 0 saturated carbocycles. The Morgan fingerprint density at radius 2 is 1.81 bits per heavy atom. The van der Waals surface area contributed by atoms with Crippen LogP contribution in [0.4, 0.5) is 0 Å². The van der Waals surface area contributed by atoms with E-state index in [4.69, 9.17) is 9.47 Å². The number of hydrogen-bond acceptors (Lipinski definition) is 8. The summed E-state index contributed by atoms with van der Waals surface area (Å²) in [6.07, 6.45) is 3.93. The minimum Gasteiger partial charge on any atom is -0.496 e. The van der Waals surface area contributed by atoms with Gasteiger partial charge in [0.1, 0.15) is 11.3 Å². The van der Waals surface area contributed by atoms with E-state index in [9.17, 15) is 13.2 Å². The number of likely N-dealkylation sites (tertiary alicyclic amines) is 1. The lowest BCUT2D eigenvalue weighted by Crippen LogP contribution is -2.67. The van der Waals surface area contributed by atoms with Crippen LogP contribution in [-0.4, -0.2) is 86.1 Å². The summed E-state index contributed by atoms with van der Waals surface area (Å²) in [6.45, 7) is 6.47. The number of ether oxygens (including phenoxy) is 2. The zero-order valence-corrected chi connectivity index (χ0v) is 27.4. The highest BCUT2D eigenvalue weighted by Gasteiger charge is 2.50. The Hall–Kier alpha value is -4.58. The monoisotopic (exact) mass is 649 g/mol. The van der Waals surface area contributed by atoms with Gasteiger partial charge in [-0.25, -0.2) is 18.4 Å². The normalized spacial score (nSPS) is 17.3. The van der Waals surface area contributed by atoms with E-state index in [1.807, 2.05) is 42.2 Å². The van der Waals surface area contributed by atoms with E-state index in [1.165, 1.54) is 6.20 Å². The molecule has 0 aliphatic carbocycles. The molecule has 8 rings (SSSR count). The van der Waals surface area contributed by atoms with Crippen LogP contribution in [0.5, 0.6) is 5.75 Å². The molecular formula is C36H35N5O5S. The summed E-state index contributed by atoms with van der Waals surface area (Å²) in [5, 5.41) is -0.136. The number of amides is 1. The first kappa shape index (κ1) is 29.8. The molecule has 5 aromatic rings. The van der Waals surface area contributed by atoms with E-state index in [0.717, 1.165) is 79.4 Å². The van der Waals surface area contributed by atoms with Crippen LogP contribution < -0.4 is 4.74 Å². The lowest BCUT2D eigenvalue weighted by molar-refractivity contribution is -0.176. The maximum atomic E-state index is 14.4. The van der Waals surface area contributed by atoms with Crippen LogP contribution in [-0.2, 0) is 27.5 Å². The van der Waals surface area contributed by atoms with Gasteiger partial charge in [0.2, 0.25) is 9.84 Å². The molecule has 1 N–H and O–H groups in total. The number of hydrogen-bond donors (Lipinski definition) is 1. The molecular weight excluding hydrogens is 614 g/mol. The molecule has 2 fully saturated rings. The first-order valence-corrected chi connectivity index (χ1v) is 17.2. The second-order valence-electron chi connectivity index (χ2n) is 13.1. The van der Waals surface area contributed by atoms with Crippen molar-refractivity contribution in [2.75, 3.05) is 47.0 Å². The molecule has 10 nitrogen and oxygen atoms in total. The maximum Gasteiger partial charge on any atom is 0.253 e. The van der Waals surface area contributed by atoms with Crippen molar-refractivity contribution in [2.24, 2.45) is 5.41 Å². The molecule has 240 valence electrons. The molecule has 3 aromatic carbocycles. The quantitative estimate of drug-likeness (QED) is 0.276. The highest BCUT2D eigenvalue weighted by atomic mass is 32.2. The van der Waals surface area contributed by atoms with Crippen LogP contribution in [0.15, 0.2) is 76.9 Å². The molecule has 3 aliphatic heterocycles. The number of sulfone groups is 1. The molecule has 5 heterocycles. The Morgan fingerprint density at radius 3 is 2.53 bits per heavy atom. The summed E-state index contributed by atoms with van der Waals surface area (Å²) >= 11 is 0. The molecule has 2 saturated heterocycles. The number of benzene rings is 3. The molecule has 1 spiro atoms. The summed E-state index contributed by atoms with van der Waals surface area (Å²) in [5.41, 5.74) is 7.65. The zero-order valence-electron chi connectivity index (χ0n) is 26.5. The Morgan fingerprint density at radius 1 is 1.02 bits per heavy atom. The van der Waals surface area contributed by atoms with Crippen molar-refractivity contribution in [1.82, 2.24) is 24.8 Å². The number of likely N-dealkylation sites (N-methyl/N-ethyl adjacent to an activating group) is 1. The predicted molar refractivity (Wildman–Crippen MR) is 177 cm³/mol. The van der Waals surface area contributed by atoms with Crippen molar-refractivity contribution in [3.05, 3.63) is 89.2 Å². The largest absolute Gasteiger partial charge is 0.496 e. The van der Waals surface area contributed by atoms with Gasteiger partial charge in [-0.2, -0.15) is 0 Å². The molecule has 47 heavy (non-hydrogen) atoms. The first-order valence-electron chi connectivity index (χ1n) is 15.7. The number of rotatable bonds is 6. The van der Waals surface area contributed by atoms with Crippen molar-refractivity contribution >= 4 is 26.9 Å². The van der Waals surface area contributed by atoms with Crippen LogP contribution in [0.25, 0.3) is 33.4 Å². The van der Waals surface area contributed by atoms with Crippen molar-refractivity contribution in [3.8, 4) is 28.0 Å². The van der Waals surface area contributed by atoms with Crippen molar-refractivity contribution in [2.45, 2.75) is 29.8 Å². The third kappa shape index (κ3) is 5.00. The number of fused-ring (bicyclic) bond motifs is 2. The van der Waals surface area contributed by atoms with Crippen LogP contribution in [0, 0.1) is 12.3 Å². The zero-order chi connectivity index (χ0) is 32.5. The van der Waals surface area contributed by atoms with Crippen LogP contribution in [0.2, 0.25) is 0 Å². The average molecular weight is 650 g/mol. The minimum atomic E-state index is -4.08. The molecule has 2 aromatic heterocycles. The fraction of sp³-hybridized carbons (Fsp3) is 0.306. The van der Waals surface area contributed by atoms with E-state index >= 15 is 0 Å². The molecule has 1 amide bonds. The van der Waals surface area contributed by atoms with Gasteiger partial charge < -0.3 is 24.3 Å². The molecule has 0 bridgehead atoms. The Balaban J connectivity index is 1.14. The summed E-state index contributed by atoms with van der Waals surface area (Å²) in [6, 6.07) is 16.8. The lowest BCUT2D eigenvalue weighted by Gasteiger charge is -2.54. The second kappa shape index (κ2) is 11.0. The molecule has 0 radical (unpaired) electrons. The fourth-order valence-electron chi connectivity index (χ4n) is 6.99. The standard InChI is InChI=1S/C36H35N5O5S/c1-22-4-9-27(26-13-25-10-11-40(2)17-29(25)30(14-26)45-3)31(12-22)47(43,44)32-16-38-34-33(39-32)28(15-37-34)23-5-7-24(8-6-23)35(42)41-18-36(19-41)20-46-21-36/h4-9,12-16H,10-11,17-21H2,1-3H3,(H,37,38). The topological polar surface area (TPSA) is 118 Å². The third-order valence-electron chi connectivity index (χ3n) is 9.68. The van der Waals surface area contributed by atoms with Crippen LogP contribution >= 0.6 is 0 Å². The number of carbonyl (C=O) groups excluding carboxylic acids is 1. The smallest absolute Gasteiger partial charge is 0.253 e. The number of nitrogens with zero attached hydrogens (tertiary/aromatic N) is 4. The highest BCUT2D eigenvalue weighted by molar-refractivity contribution is 7.91. The Labute approximate surface area is 273 Å². The second-order valence-corrected chi connectivity index (χ2v) is 15.0. The number of H-pyrrole nitrogens is 1. The highest BCUT2D eigenvalue weighted by Crippen LogP contribution is 2.40. The lowest BCUT2D eigenvalue weighted by atomic mass is 9.78. The molecule has 0 unspecified atom stereocenters. The van der Waals surface area contributed by atoms with Gasteiger partial charge in [-0.15, -0.1) is 0 Å². The number of methoxy groups -OCH3 is 1.